The van der Waals surface area contributed by atoms with Gasteiger partial charge in [-0.05, 0) is 32.2 Å². The predicted molar refractivity (Wildman–Crippen MR) is 75.9 cm³/mol. The van der Waals surface area contributed by atoms with E-state index in [1.807, 2.05) is 39.0 Å². The molecule has 0 fully saturated rings. The fraction of sp³-hybridized carbons (Fsp3) is 0.267. The normalized spacial score (nSPS) is 11.5. The molecule has 0 aromatic heterocycles. The van der Waals surface area contributed by atoms with Gasteiger partial charge in [0.25, 0.3) is 0 Å². The molecule has 100 valence electrons. The summed E-state index contributed by atoms with van der Waals surface area (Å²) in [6.45, 7) is 5.44. The number of benzene rings is 2. The quantitative estimate of drug-likeness (QED) is 0.818. The van der Waals surface area contributed by atoms with Gasteiger partial charge in [0.15, 0.2) is 0 Å². The van der Waals surface area contributed by atoms with Crippen molar-refractivity contribution >= 4 is 22.6 Å². The highest BCUT2D eigenvalue weighted by molar-refractivity contribution is 5.96. The van der Waals surface area contributed by atoms with Crippen LogP contribution in [0.4, 0.5) is 10.5 Å². The summed E-state index contributed by atoms with van der Waals surface area (Å²) in [5, 5.41) is 20.9. The van der Waals surface area contributed by atoms with Crippen molar-refractivity contribution in [3.8, 4) is 5.75 Å². The molecule has 2 aromatic carbocycles. The van der Waals surface area contributed by atoms with E-state index in [0.29, 0.717) is 11.1 Å². The van der Waals surface area contributed by atoms with Gasteiger partial charge in [-0.25, -0.2) is 4.79 Å². The second kappa shape index (κ2) is 4.46. The Kier molecular flexibility index (Phi) is 3.10. The van der Waals surface area contributed by atoms with E-state index in [1.54, 1.807) is 12.1 Å². The summed E-state index contributed by atoms with van der Waals surface area (Å²) in [5.74, 6) is 0.0867. The van der Waals surface area contributed by atoms with Crippen LogP contribution in [0.25, 0.3) is 10.8 Å². The Labute approximate surface area is 111 Å². The van der Waals surface area contributed by atoms with Crippen molar-refractivity contribution in [3.05, 3.63) is 36.4 Å². The van der Waals surface area contributed by atoms with Crippen molar-refractivity contribution in [1.29, 1.82) is 0 Å². The fourth-order valence-electron chi connectivity index (χ4n) is 2.19. The van der Waals surface area contributed by atoms with Crippen LogP contribution in [0.5, 0.6) is 5.75 Å². The molecule has 2 aromatic rings. The summed E-state index contributed by atoms with van der Waals surface area (Å²) in [6, 6.07) is 10.6. The van der Waals surface area contributed by atoms with E-state index in [-0.39, 0.29) is 5.75 Å². The van der Waals surface area contributed by atoms with Crippen LogP contribution in [-0.2, 0) is 0 Å². The molecule has 0 aliphatic heterocycles. The zero-order chi connectivity index (χ0) is 14.2. The molecule has 0 saturated carbocycles. The van der Waals surface area contributed by atoms with Gasteiger partial charge in [-0.2, -0.15) is 0 Å². The highest BCUT2D eigenvalue weighted by atomic mass is 16.4. The lowest BCUT2D eigenvalue weighted by molar-refractivity contribution is 0.195. The summed E-state index contributed by atoms with van der Waals surface area (Å²) < 4.78 is 0. The lowest BCUT2D eigenvalue weighted by atomic mass is 10.0. The van der Waals surface area contributed by atoms with E-state index in [4.69, 9.17) is 0 Å². The summed E-state index contributed by atoms with van der Waals surface area (Å²) in [4.78, 5) is 12.7. The van der Waals surface area contributed by atoms with Crippen molar-refractivity contribution in [2.45, 2.75) is 26.3 Å². The summed E-state index contributed by atoms with van der Waals surface area (Å²) in [7, 11) is 0. The topological polar surface area (TPSA) is 60.8 Å². The molecule has 19 heavy (non-hydrogen) atoms. The number of hydrogen-bond acceptors (Lipinski definition) is 2. The van der Waals surface area contributed by atoms with E-state index in [0.717, 1.165) is 5.39 Å². The number of carboxylic acid groups (broad SMARTS) is 1. The Morgan fingerprint density at radius 2 is 1.79 bits per heavy atom. The molecule has 4 nitrogen and oxygen atoms in total. The lowest BCUT2D eigenvalue weighted by Gasteiger charge is -2.33. The van der Waals surface area contributed by atoms with Crippen molar-refractivity contribution in [3.63, 3.8) is 0 Å². The number of anilines is 1. The predicted octanol–water partition coefficient (Wildman–Crippen LogP) is 3.83. The Morgan fingerprint density at radius 3 is 2.37 bits per heavy atom. The number of nitrogens with zero attached hydrogens (tertiary/aromatic N) is 1. The van der Waals surface area contributed by atoms with Gasteiger partial charge in [0.1, 0.15) is 5.75 Å². The number of aromatic hydroxyl groups is 1. The molecule has 2 rings (SSSR count). The smallest absolute Gasteiger partial charge is 0.412 e. The van der Waals surface area contributed by atoms with Gasteiger partial charge in [-0.15, -0.1) is 0 Å². The molecule has 0 radical (unpaired) electrons. The van der Waals surface area contributed by atoms with Crippen molar-refractivity contribution in [1.82, 2.24) is 0 Å². The molecule has 0 bridgehead atoms. The monoisotopic (exact) mass is 259 g/mol. The zero-order valence-electron chi connectivity index (χ0n) is 11.2. The summed E-state index contributed by atoms with van der Waals surface area (Å²) in [5.41, 5.74) is -0.114. The zero-order valence-corrected chi connectivity index (χ0v) is 11.2. The fourth-order valence-corrected chi connectivity index (χ4v) is 2.19. The standard InChI is InChI=1S/C15H17NO3/c1-15(2,3)16(14(18)19)11-8-10-6-4-5-7-12(10)13(17)9-11/h4-9,17H,1-3H3,(H,18,19). The van der Waals surface area contributed by atoms with Crippen molar-refractivity contribution in [2.75, 3.05) is 4.90 Å². The van der Waals surface area contributed by atoms with E-state index in [9.17, 15) is 15.0 Å². The molecule has 4 heteroatoms. The maximum atomic E-state index is 11.4. The van der Waals surface area contributed by atoms with Gasteiger partial charge < -0.3 is 10.2 Å². The van der Waals surface area contributed by atoms with Crippen LogP contribution >= 0.6 is 0 Å². The number of rotatable bonds is 1. The SMILES string of the molecule is CC(C)(C)N(C(=O)O)c1cc(O)c2ccccc2c1. The van der Waals surface area contributed by atoms with Crippen molar-refractivity contribution in [2.24, 2.45) is 0 Å². The first-order valence-electron chi connectivity index (χ1n) is 6.05. The Balaban J connectivity index is 2.65. The van der Waals surface area contributed by atoms with Crippen LogP contribution in [0.15, 0.2) is 36.4 Å². The largest absolute Gasteiger partial charge is 0.507 e. The van der Waals surface area contributed by atoms with Gasteiger partial charge in [-0.1, -0.05) is 24.3 Å². The summed E-state index contributed by atoms with van der Waals surface area (Å²) >= 11 is 0. The van der Waals surface area contributed by atoms with Crippen LogP contribution in [0, 0.1) is 0 Å². The van der Waals surface area contributed by atoms with Crippen LogP contribution in [-0.4, -0.2) is 21.8 Å². The molecule has 1 amide bonds. The van der Waals surface area contributed by atoms with Gasteiger partial charge in [0.2, 0.25) is 0 Å². The second-order valence-corrected chi connectivity index (χ2v) is 5.47. The maximum Gasteiger partial charge on any atom is 0.412 e. The first kappa shape index (κ1) is 13.2. The Morgan fingerprint density at radius 1 is 1.16 bits per heavy atom. The molecular formula is C15H17NO3. The highest BCUT2D eigenvalue weighted by Gasteiger charge is 2.28. The van der Waals surface area contributed by atoms with Crippen LogP contribution in [0.3, 0.4) is 0 Å². The number of amides is 1. The minimum Gasteiger partial charge on any atom is -0.507 e. The molecule has 0 spiro atoms. The number of fused-ring (bicyclic) bond motifs is 1. The first-order chi connectivity index (χ1) is 8.80. The number of phenols is 1. The number of carbonyl (C=O) groups is 1. The summed E-state index contributed by atoms with van der Waals surface area (Å²) in [6.07, 6.45) is -1.04. The van der Waals surface area contributed by atoms with Gasteiger partial charge >= 0.3 is 6.09 Å². The van der Waals surface area contributed by atoms with Gasteiger partial charge in [-0.3, -0.25) is 4.90 Å². The average Bonchev–Trinajstić information content (AvgIpc) is 2.26. The third-order valence-corrected chi connectivity index (χ3v) is 2.95. The Bertz CT molecular complexity index is 629. The molecule has 2 N–H and O–H groups in total. The van der Waals surface area contributed by atoms with Crippen LogP contribution in [0.2, 0.25) is 0 Å². The van der Waals surface area contributed by atoms with E-state index >= 15 is 0 Å². The minimum absolute atomic E-state index is 0.0867. The molecule has 0 atom stereocenters. The molecule has 0 unspecified atom stereocenters. The average molecular weight is 259 g/mol. The van der Waals surface area contributed by atoms with Crippen LogP contribution in [0.1, 0.15) is 20.8 Å². The van der Waals surface area contributed by atoms with E-state index in [1.165, 1.54) is 11.0 Å². The minimum atomic E-state index is -1.04. The molecular weight excluding hydrogens is 242 g/mol. The number of hydrogen-bond donors (Lipinski definition) is 2. The second-order valence-electron chi connectivity index (χ2n) is 5.47. The van der Waals surface area contributed by atoms with Gasteiger partial charge in [0, 0.05) is 17.0 Å². The highest BCUT2D eigenvalue weighted by Crippen LogP contribution is 2.33. The maximum absolute atomic E-state index is 11.4. The molecule has 0 heterocycles. The van der Waals surface area contributed by atoms with E-state index in [2.05, 4.69) is 0 Å². The molecule has 0 aliphatic carbocycles. The first-order valence-corrected chi connectivity index (χ1v) is 6.05. The van der Waals surface area contributed by atoms with Gasteiger partial charge in [0.05, 0.1) is 5.69 Å². The third kappa shape index (κ3) is 2.47. The van der Waals surface area contributed by atoms with E-state index < -0.39 is 11.6 Å². The van der Waals surface area contributed by atoms with Crippen LogP contribution < -0.4 is 4.90 Å². The molecule has 0 aliphatic rings. The molecule has 0 saturated heterocycles. The van der Waals surface area contributed by atoms with Crippen molar-refractivity contribution < 1.29 is 15.0 Å². The third-order valence-electron chi connectivity index (χ3n) is 2.95. The Hall–Kier alpha value is -2.23. The lowest BCUT2D eigenvalue weighted by Crippen LogP contribution is -2.45. The number of phenolic OH excluding ortho intramolecular Hbond substituents is 1.